The largest absolute Gasteiger partial charge is 0.488 e. The van der Waals surface area contributed by atoms with E-state index in [2.05, 4.69) is 4.18 Å². The van der Waals surface area contributed by atoms with Crippen LogP contribution in [0.25, 0.3) is 0 Å². The van der Waals surface area contributed by atoms with Crippen molar-refractivity contribution in [3.05, 3.63) is 42.0 Å². The number of rotatable bonds is 5. The molecule has 0 unspecified atom stereocenters. The average molecular weight is 299 g/mol. The highest BCUT2D eigenvalue weighted by molar-refractivity contribution is 7.81. The molecule has 0 N–H and O–H groups in total. The molecule has 1 aliphatic heterocycles. The first-order chi connectivity index (χ1) is 9.37. The van der Waals surface area contributed by atoms with Crippen LogP contribution in [0.15, 0.2) is 36.4 Å². The molecule has 20 heavy (non-hydrogen) atoms. The maximum Gasteiger partial charge on any atom is 0.488 e. The quantitative estimate of drug-likeness (QED) is 0.592. The number of imide groups is 1. The van der Waals surface area contributed by atoms with E-state index in [4.69, 9.17) is 0 Å². The van der Waals surface area contributed by atoms with Gasteiger partial charge in [-0.1, -0.05) is 22.1 Å². The van der Waals surface area contributed by atoms with Gasteiger partial charge in [-0.2, -0.15) is 8.42 Å². The van der Waals surface area contributed by atoms with Gasteiger partial charge in [-0.05, 0) is 18.1 Å². The number of hydrogen-bond acceptors (Lipinski definition) is 5. The first-order valence-corrected chi connectivity index (χ1v) is 6.93. The van der Waals surface area contributed by atoms with Crippen LogP contribution in [0.1, 0.15) is 5.56 Å². The third kappa shape index (κ3) is 3.41. The highest BCUT2D eigenvalue weighted by Gasteiger charge is 2.23. The smallest absolute Gasteiger partial charge is 0.358 e. The second kappa shape index (κ2) is 5.41. The van der Waals surface area contributed by atoms with Gasteiger partial charge in [0.2, 0.25) is 0 Å². The van der Waals surface area contributed by atoms with Crippen LogP contribution in [0.2, 0.25) is 0 Å². The van der Waals surface area contributed by atoms with Gasteiger partial charge in [0.15, 0.2) is 0 Å². The van der Waals surface area contributed by atoms with Crippen LogP contribution in [0.3, 0.4) is 0 Å². The van der Waals surface area contributed by atoms with E-state index in [9.17, 15) is 21.9 Å². The molecule has 1 aromatic rings. The predicted molar refractivity (Wildman–Crippen MR) is 66.7 cm³/mol. The monoisotopic (exact) mass is 299 g/mol. The summed E-state index contributed by atoms with van der Waals surface area (Å²) in [5.41, 5.74) is 0.376. The van der Waals surface area contributed by atoms with E-state index in [1.807, 2.05) is 0 Å². The molecule has 1 aliphatic rings. The minimum absolute atomic E-state index is 0.0529. The number of benzene rings is 1. The van der Waals surface area contributed by atoms with Crippen molar-refractivity contribution in [2.24, 2.45) is 0 Å². The molecule has 0 saturated heterocycles. The van der Waals surface area contributed by atoms with Gasteiger partial charge in [-0.3, -0.25) is 14.5 Å². The van der Waals surface area contributed by atoms with Gasteiger partial charge in [-0.15, -0.1) is 0 Å². The van der Waals surface area contributed by atoms with E-state index in [0.29, 0.717) is 5.56 Å². The molecule has 0 aliphatic carbocycles. The summed E-state index contributed by atoms with van der Waals surface area (Å²) in [6.07, 6.45) is 2.46. The number of carbonyl (C=O) groups is 2. The van der Waals surface area contributed by atoms with Crippen molar-refractivity contribution in [1.82, 2.24) is 4.90 Å². The summed E-state index contributed by atoms with van der Waals surface area (Å²) >= 11 is 0. The molecule has 1 heterocycles. The van der Waals surface area contributed by atoms with E-state index in [-0.39, 0.29) is 18.7 Å². The van der Waals surface area contributed by atoms with Crippen molar-refractivity contribution in [3.8, 4) is 5.75 Å². The van der Waals surface area contributed by atoms with E-state index in [1.54, 1.807) is 6.07 Å². The normalized spacial score (nSPS) is 14.9. The Morgan fingerprint density at radius 2 is 1.70 bits per heavy atom. The summed E-state index contributed by atoms with van der Waals surface area (Å²) in [6.45, 7) is 0.0529. The van der Waals surface area contributed by atoms with Crippen LogP contribution < -0.4 is 4.18 Å². The van der Waals surface area contributed by atoms with Gasteiger partial charge < -0.3 is 4.18 Å². The summed E-state index contributed by atoms with van der Waals surface area (Å²) < 4.78 is 37.7. The van der Waals surface area contributed by atoms with Gasteiger partial charge in [0.05, 0.1) is 0 Å². The molecule has 0 spiro atoms. The molecule has 2 amide bonds. The molecule has 0 saturated carbocycles. The van der Waals surface area contributed by atoms with E-state index < -0.39 is 22.3 Å². The first-order valence-electron chi connectivity index (χ1n) is 5.62. The standard InChI is InChI=1S/C12H10FNO5S/c13-20(17,18)19-10-4-2-1-3-9(10)7-8-14-11(15)5-6-12(14)16/h1-6H,7-8H2. The van der Waals surface area contributed by atoms with Gasteiger partial charge in [0, 0.05) is 18.7 Å². The fraction of sp³-hybridized carbons (Fsp3) is 0.167. The topological polar surface area (TPSA) is 80.8 Å². The first kappa shape index (κ1) is 14.2. The Hall–Kier alpha value is -2.22. The summed E-state index contributed by atoms with van der Waals surface area (Å²) in [5.74, 6) is -1.04. The fourth-order valence-electron chi connectivity index (χ4n) is 1.78. The summed E-state index contributed by atoms with van der Waals surface area (Å²) in [4.78, 5) is 23.7. The number of halogens is 1. The molecule has 0 atom stereocenters. The lowest BCUT2D eigenvalue weighted by molar-refractivity contribution is -0.136. The number of amides is 2. The predicted octanol–water partition coefficient (Wildman–Crippen LogP) is 0.747. The number of carbonyl (C=O) groups excluding carboxylic acids is 2. The summed E-state index contributed by atoms with van der Waals surface area (Å²) in [7, 11) is -5.12. The third-order valence-electron chi connectivity index (χ3n) is 2.67. The molecule has 106 valence electrons. The molecular formula is C12H10FNO5S. The molecular weight excluding hydrogens is 289 g/mol. The second-order valence-electron chi connectivity index (χ2n) is 4.00. The average Bonchev–Trinajstić information content (AvgIpc) is 2.66. The van der Waals surface area contributed by atoms with Crippen LogP contribution in [-0.2, 0) is 26.5 Å². The Balaban J connectivity index is 2.10. The van der Waals surface area contributed by atoms with Crippen molar-refractivity contribution >= 4 is 22.3 Å². The lowest BCUT2D eigenvalue weighted by Gasteiger charge is -2.14. The van der Waals surface area contributed by atoms with Crippen LogP contribution in [-0.4, -0.2) is 31.7 Å². The molecule has 8 heteroatoms. The minimum atomic E-state index is -5.12. The molecule has 6 nitrogen and oxygen atoms in total. The van der Waals surface area contributed by atoms with Crippen LogP contribution in [0.5, 0.6) is 5.75 Å². The molecule has 0 aromatic heterocycles. The molecule has 2 rings (SSSR count). The highest BCUT2D eigenvalue weighted by Crippen LogP contribution is 2.21. The van der Waals surface area contributed by atoms with Crippen LogP contribution in [0, 0.1) is 0 Å². The lowest BCUT2D eigenvalue weighted by Crippen LogP contribution is -2.32. The van der Waals surface area contributed by atoms with Crippen molar-refractivity contribution in [1.29, 1.82) is 0 Å². The number of hydrogen-bond donors (Lipinski definition) is 0. The van der Waals surface area contributed by atoms with Crippen molar-refractivity contribution in [2.45, 2.75) is 6.42 Å². The molecule has 0 bridgehead atoms. The van der Waals surface area contributed by atoms with Gasteiger partial charge >= 0.3 is 10.5 Å². The third-order valence-corrected chi connectivity index (χ3v) is 3.05. The maximum atomic E-state index is 12.5. The Morgan fingerprint density at radius 3 is 2.30 bits per heavy atom. The zero-order valence-electron chi connectivity index (χ0n) is 10.2. The Bertz CT molecular complexity index is 665. The van der Waals surface area contributed by atoms with Gasteiger partial charge in [0.1, 0.15) is 5.75 Å². The SMILES string of the molecule is O=C1C=CC(=O)N1CCc1ccccc1OS(=O)(=O)F. The number of nitrogens with zero attached hydrogens (tertiary/aromatic N) is 1. The molecule has 1 aromatic carbocycles. The van der Waals surface area contributed by atoms with Gasteiger partial charge in [0.25, 0.3) is 11.8 Å². The van der Waals surface area contributed by atoms with Gasteiger partial charge in [-0.25, -0.2) is 0 Å². The van der Waals surface area contributed by atoms with Crippen LogP contribution >= 0.6 is 0 Å². The zero-order chi connectivity index (χ0) is 14.8. The van der Waals surface area contributed by atoms with E-state index in [0.717, 1.165) is 17.1 Å². The Morgan fingerprint density at radius 1 is 1.10 bits per heavy atom. The van der Waals surface area contributed by atoms with E-state index >= 15 is 0 Å². The fourth-order valence-corrected chi connectivity index (χ4v) is 2.16. The van der Waals surface area contributed by atoms with Crippen LogP contribution in [0.4, 0.5) is 3.89 Å². The second-order valence-corrected chi connectivity index (χ2v) is 4.95. The summed E-state index contributed by atoms with van der Waals surface area (Å²) in [5, 5.41) is 0. The maximum absolute atomic E-state index is 12.5. The molecule has 0 fully saturated rings. The number of para-hydroxylation sites is 1. The Kier molecular flexibility index (Phi) is 3.84. The Labute approximate surface area is 114 Å². The summed E-state index contributed by atoms with van der Waals surface area (Å²) in [6, 6.07) is 5.91. The lowest BCUT2D eigenvalue weighted by atomic mass is 10.1. The minimum Gasteiger partial charge on any atom is -0.358 e. The van der Waals surface area contributed by atoms with E-state index in [1.165, 1.54) is 18.2 Å². The molecule has 0 radical (unpaired) electrons. The van der Waals surface area contributed by atoms with Crippen molar-refractivity contribution < 1.29 is 26.1 Å². The zero-order valence-corrected chi connectivity index (χ0v) is 11.0. The van der Waals surface area contributed by atoms with Crippen molar-refractivity contribution in [3.63, 3.8) is 0 Å². The highest BCUT2D eigenvalue weighted by atomic mass is 32.3. The van der Waals surface area contributed by atoms with Crippen molar-refractivity contribution in [2.75, 3.05) is 6.54 Å².